The highest BCUT2D eigenvalue weighted by Gasteiger charge is 2.56. The standard InChI is InChI=1S/C22H23ClFNO2/c23-19-11-17(24)7-6-16(19)10-21(27)25-18-8-9-20(25)22(13-18,14-26)12-15-4-2-1-3-5-15/h1-7,11,18,20,26H,8-10,12-14H2/t18-,20+,22-/m0/s1. The summed E-state index contributed by atoms with van der Waals surface area (Å²) in [5, 5.41) is 10.5. The third kappa shape index (κ3) is 3.37. The summed E-state index contributed by atoms with van der Waals surface area (Å²) in [5.74, 6) is -0.390. The molecule has 0 aromatic heterocycles. The van der Waals surface area contributed by atoms with Gasteiger partial charge in [-0.3, -0.25) is 4.79 Å². The normalized spacial score (nSPS) is 26.6. The van der Waals surface area contributed by atoms with E-state index in [1.165, 1.54) is 17.7 Å². The summed E-state index contributed by atoms with van der Waals surface area (Å²) >= 11 is 6.11. The average molecular weight is 388 g/mol. The Labute approximate surface area is 163 Å². The molecule has 0 aliphatic carbocycles. The number of amides is 1. The zero-order chi connectivity index (χ0) is 19.0. The van der Waals surface area contributed by atoms with Gasteiger partial charge in [0.1, 0.15) is 5.82 Å². The van der Waals surface area contributed by atoms with Gasteiger partial charge in [0.25, 0.3) is 0 Å². The van der Waals surface area contributed by atoms with Crippen molar-refractivity contribution in [1.82, 2.24) is 4.90 Å². The molecule has 2 saturated heterocycles. The number of carbonyl (C=O) groups excluding carboxylic acids is 1. The molecule has 3 nitrogen and oxygen atoms in total. The highest BCUT2D eigenvalue weighted by atomic mass is 35.5. The minimum Gasteiger partial charge on any atom is -0.396 e. The van der Waals surface area contributed by atoms with Gasteiger partial charge in [-0.2, -0.15) is 0 Å². The lowest BCUT2D eigenvalue weighted by atomic mass is 9.70. The monoisotopic (exact) mass is 387 g/mol. The van der Waals surface area contributed by atoms with Gasteiger partial charge in [0.05, 0.1) is 13.0 Å². The lowest BCUT2D eigenvalue weighted by Crippen LogP contribution is -2.44. The molecule has 5 heteroatoms. The van der Waals surface area contributed by atoms with E-state index in [0.717, 1.165) is 25.7 Å². The zero-order valence-corrected chi connectivity index (χ0v) is 15.8. The van der Waals surface area contributed by atoms with E-state index in [-0.39, 0.29) is 41.5 Å². The third-order valence-corrected chi connectivity index (χ3v) is 6.56. The van der Waals surface area contributed by atoms with E-state index in [0.29, 0.717) is 5.56 Å². The topological polar surface area (TPSA) is 40.5 Å². The van der Waals surface area contributed by atoms with Crippen molar-refractivity contribution in [2.75, 3.05) is 6.61 Å². The average Bonchev–Trinajstić information content (AvgIpc) is 3.21. The van der Waals surface area contributed by atoms with Crippen LogP contribution in [0.15, 0.2) is 48.5 Å². The first-order valence-corrected chi connectivity index (χ1v) is 9.80. The Bertz CT molecular complexity index is 843. The van der Waals surface area contributed by atoms with Gasteiger partial charge in [0.15, 0.2) is 0 Å². The van der Waals surface area contributed by atoms with Crippen LogP contribution in [0.25, 0.3) is 0 Å². The van der Waals surface area contributed by atoms with Crippen molar-refractivity contribution in [3.8, 4) is 0 Å². The second kappa shape index (κ2) is 7.25. The molecular formula is C22H23ClFNO2. The van der Waals surface area contributed by atoms with E-state index in [4.69, 9.17) is 11.6 Å². The van der Waals surface area contributed by atoms with Crippen molar-refractivity contribution in [2.45, 2.75) is 44.2 Å². The SMILES string of the molecule is O=C(Cc1ccc(F)cc1Cl)N1[C@H]2CC[C@@H]1[C@@](CO)(Cc1ccccc1)C2. The van der Waals surface area contributed by atoms with Gasteiger partial charge >= 0.3 is 0 Å². The van der Waals surface area contributed by atoms with Crippen molar-refractivity contribution in [2.24, 2.45) is 5.41 Å². The first-order valence-electron chi connectivity index (χ1n) is 9.42. The first kappa shape index (κ1) is 18.5. The summed E-state index contributed by atoms with van der Waals surface area (Å²) in [6.07, 6.45) is 3.66. The fourth-order valence-electron chi connectivity index (χ4n) is 5.00. The summed E-state index contributed by atoms with van der Waals surface area (Å²) in [6.45, 7) is 0.0736. The zero-order valence-electron chi connectivity index (χ0n) is 15.1. The summed E-state index contributed by atoms with van der Waals surface area (Å²) in [5.41, 5.74) is 1.55. The lowest BCUT2D eigenvalue weighted by Gasteiger charge is -2.36. The van der Waals surface area contributed by atoms with Crippen molar-refractivity contribution in [1.29, 1.82) is 0 Å². The molecule has 2 aromatic rings. The number of fused-ring (bicyclic) bond motifs is 2. The predicted molar refractivity (Wildman–Crippen MR) is 103 cm³/mol. The highest BCUT2D eigenvalue weighted by Crippen LogP contribution is 2.51. The predicted octanol–water partition coefficient (Wildman–Crippen LogP) is 4.01. The molecule has 2 aliphatic heterocycles. The molecule has 0 spiro atoms. The summed E-state index contributed by atoms with van der Waals surface area (Å²) in [7, 11) is 0. The largest absolute Gasteiger partial charge is 0.396 e. The Morgan fingerprint density at radius 3 is 2.70 bits per heavy atom. The number of benzene rings is 2. The molecule has 2 heterocycles. The highest BCUT2D eigenvalue weighted by molar-refractivity contribution is 6.31. The molecule has 1 N–H and O–H groups in total. The van der Waals surface area contributed by atoms with Gasteiger partial charge in [-0.15, -0.1) is 0 Å². The molecule has 0 unspecified atom stereocenters. The molecule has 4 rings (SSSR count). The number of halogens is 2. The minimum atomic E-state index is -0.403. The van der Waals surface area contributed by atoms with Gasteiger partial charge in [-0.1, -0.05) is 48.0 Å². The summed E-state index contributed by atoms with van der Waals surface area (Å²) < 4.78 is 13.3. The summed E-state index contributed by atoms with van der Waals surface area (Å²) in [6, 6.07) is 14.5. The van der Waals surface area contributed by atoms with Crippen LogP contribution < -0.4 is 0 Å². The van der Waals surface area contributed by atoms with Crippen LogP contribution in [-0.2, 0) is 17.6 Å². The Morgan fingerprint density at radius 1 is 1.22 bits per heavy atom. The number of carbonyl (C=O) groups is 1. The molecule has 2 aromatic carbocycles. The quantitative estimate of drug-likeness (QED) is 0.842. The van der Waals surface area contributed by atoms with Crippen LogP contribution in [0.5, 0.6) is 0 Å². The Kier molecular flexibility index (Phi) is 4.95. The minimum absolute atomic E-state index is 0.0133. The van der Waals surface area contributed by atoms with Crippen LogP contribution in [0.3, 0.4) is 0 Å². The van der Waals surface area contributed by atoms with E-state index in [1.54, 1.807) is 6.07 Å². The van der Waals surface area contributed by atoms with E-state index in [1.807, 2.05) is 23.1 Å². The molecule has 27 heavy (non-hydrogen) atoms. The number of rotatable bonds is 5. The van der Waals surface area contributed by atoms with E-state index in [9.17, 15) is 14.3 Å². The van der Waals surface area contributed by atoms with Crippen molar-refractivity contribution < 1.29 is 14.3 Å². The number of aliphatic hydroxyl groups excluding tert-OH is 1. The van der Waals surface area contributed by atoms with Crippen LogP contribution >= 0.6 is 11.6 Å². The maximum absolute atomic E-state index is 13.3. The Morgan fingerprint density at radius 2 is 2.00 bits per heavy atom. The maximum Gasteiger partial charge on any atom is 0.227 e. The Balaban J connectivity index is 1.55. The lowest BCUT2D eigenvalue weighted by molar-refractivity contribution is -0.132. The molecule has 2 fully saturated rings. The Hall–Kier alpha value is -1.91. The van der Waals surface area contributed by atoms with Crippen molar-refractivity contribution in [3.05, 3.63) is 70.5 Å². The smallest absolute Gasteiger partial charge is 0.227 e. The van der Waals surface area contributed by atoms with Gasteiger partial charge in [-0.25, -0.2) is 4.39 Å². The number of hydrogen-bond acceptors (Lipinski definition) is 2. The third-order valence-electron chi connectivity index (χ3n) is 6.21. The molecular weight excluding hydrogens is 365 g/mol. The number of nitrogens with zero attached hydrogens (tertiary/aromatic N) is 1. The fraction of sp³-hybridized carbons (Fsp3) is 0.409. The van der Waals surface area contributed by atoms with Crippen LogP contribution in [-0.4, -0.2) is 34.6 Å². The van der Waals surface area contributed by atoms with Crippen molar-refractivity contribution >= 4 is 17.5 Å². The second-order valence-electron chi connectivity index (χ2n) is 7.85. The van der Waals surface area contributed by atoms with Crippen LogP contribution in [0, 0.1) is 11.2 Å². The molecule has 2 bridgehead atoms. The summed E-state index contributed by atoms with van der Waals surface area (Å²) in [4.78, 5) is 15.0. The first-order chi connectivity index (χ1) is 13.0. The molecule has 3 atom stereocenters. The number of aliphatic hydroxyl groups is 1. The van der Waals surface area contributed by atoms with Crippen LogP contribution in [0.1, 0.15) is 30.4 Å². The maximum atomic E-state index is 13.3. The van der Waals surface area contributed by atoms with E-state index >= 15 is 0 Å². The van der Waals surface area contributed by atoms with E-state index < -0.39 is 5.82 Å². The van der Waals surface area contributed by atoms with Crippen LogP contribution in [0.2, 0.25) is 5.02 Å². The van der Waals surface area contributed by atoms with E-state index in [2.05, 4.69) is 12.1 Å². The van der Waals surface area contributed by atoms with Crippen LogP contribution in [0.4, 0.5) is 4.39 Å². The molecule has 1 amide bonds. The fourth-order valence-corrected chi connectivity index (χ4v) is 5.24. The molecule has 0 saturated carbocycles. The van der Waals surface area contributed by atoms with Crippen molar-refractivity contribution in [3.63, 3.8) is 0 Å². The van der Waals surface area contributed by atoms with Gasteiger partial charge in [0, 0.05) is 22.5 Å². The molecule has 0 radical (unpaired) electrons. The van der Waals surface area contributed by atoms with Gasteiger partial charge < -0.3 is 10.0 Å². The second-order valence-corrected chi connectivity index (χ2v) is 8.25. The number of hydrogen-bond donors (Lipinski definition) is 1. The van der Waals surface area contributed by atoms with Gasteiger partial charge in [-0.05, 0) is 48.9 Å². The van der Waals surface area contributed by atoms with Gasteiger partial charge in [0.2, 0.25) is 5.91 Å². The molecule has 2 aliphatic rings. The molecule has 142 valence electrons.